The molecule has 0 spiro atoms. The van der Waals surface area contributed by atoms with Crippen LogP contribution in [0.3, 0.4) is 0 Å². The van der Waals surface area contributed by atoms with Crippen LogP contribution in [-0.4, -0.2) is 30.1 Å². The van der Waals surface area contributed by atoms with Crippen molar-refractivity contribution in [2.75, 3.05) is 24.0 Å². The second kappa shape index (κ2) is 6.81. The third kappa shape index (κ3) is 3.57. The average molecular weight is 257 g/mol. The first-order chi connectivity index (χ1) is 8.13. The molecule has 96 valence electrons. The average Bonchev–Trinajstić information content (AvgIpc) is 2.34. The van der Waals surface area contributed by atoms with Gasteiger partial charge >= 0.3 is 0 Å². The fraction of sp³-hybridized carbons (Fsp3) is 0.583. The van der Waals surface area contributed by atoms with Crippen molar-refractivity contribution in [1.82, 2.24) is 4.98 Å². The molecule has 0 saturated carbocycles. The van der Waals surface area contributed by atoms with Gasteiger partial charge in [-0.1, -0.05) is 6.92 Å². The lowest BCUT2D eigenvalue weighted by molar-refractivity contribution is 0.612. The van der Waals surface area contributed by atoms with Crippen LogP contribution >= 0.6 is 11.8 Å². The second-order valence-corrected chi connectivity index (χ2v) is 4.88. The topological polar surface area (TPSA) is 42.2 Å². The Morgan fingerprint density at radius 2 is 2.29 bits per heavy atom. The van der Waals surface area contributed by atoms with Crippen LogP contribution in [0, 0.1) is 5.82 Å². The minimum atomic E-state index is -0.333. The van der Waals surface area contributed by atoms with E-state index in [4.69, 9.17) is 5.73 Å². The van der Waals surface area contributed by atoms with Crippen LogP contribution in [0.1, 0.15) is 18.9 Å². The van der Waals surface area contributed by atoms with E-state index in [1.807, 2.05) is 7.05 Å². The fourth-order valence-electron chi connectivity index (χ4n) is 1.81. The molecule has 0 fully saturated rings. The zero-order chi connectivity index (χ0) is 12.8. The van der Waals surface area contributed by atoms with Gasteiger partial charge in [-0.3, -0.25) is 0 Å². The van der Waals surface area contributed by atoms with Crippen molar-refractivity contribution < 1.29 is 4.39 Å². The highest BCUT2D eigenvalue weighted by atomic mass is 32.2. The Labute approximate surface area is 107 Å². The van der Waals surface area contributed by atoms with Gasteiger partial charge in [0.15, 0.2) is 0 Å². The standard InChI is InChI=1S/C12H20FN3S/c1-4-11(8-17-3)16(2)12-9(6-14)5-10(13)7-15-12/h5,7,11H,4,6,8,14H2,1-3H3. The van der Waals surface area contributed by atoms with Gasteiger partial charge in [0, 0.05) is 31.0 Å². The van der Waals surface area contributed by atoms with Gasteiger partial charge in [0.25, 0.3) is 0 Å². The first-order valence-electron chi connectivity index (χ1n) is 5.70. The molecule has 1 rings (SSSR count). The molecule has 0 saturated heterocycles. The van der Waals surface area contributed by atoms with Crippen LogP contribution in [0.15, 0.2) is 12.3 Å². The van der Waals surface area contributed by atoms with Crippen LogP contribution < -0.4 is 10.6 Å². The first-order valence-corrected chi connectivity index (χ1v) is 7.09. The summed E-state index contributed by atoms with van der Waals surface area (Å²) in [6.07, 6.45) is 4.36. The third-order valence-corrected chi connectivity index (χ3v) is 3.56. The van der Waals surface area contributed by atoms with E-state index in [-0.39, 0.29) is 5.82 Å². The fourth-order valence-corrected chi connectivity index (χ4v) is 2.65. The number of nitrogens with two attached hydrogens (primary N) is 1. The maximum absolute atomic E-state index is 13.1. The molecule has 1 aromatic rings. The second-order valence-electron chi connectivity index (χ2n) is 3.97. The highest BCUT2D eigenvalue weighted by Gasteiger charge is 2.16. The minimum absolute atomic E-state index is 0.306. The lowest BCUT2D eigenvalue weighted by Gasteiger charge is -2.29. The van der Waals surface area contributed by atoms with Crippen molar-refractivity contribution in [2.45, 2.75) is 25.9 Å². The summed E-state index contributed by atoms with van der Waals surface area (Å²) < 4.78 is 13.1. The predicted octanol–water partition coefficient (Wildman–Crippen LogP) is 2.26. The molecule has 0 amide bonds. The molecule has 0 aliphatic heterocycles. The van der Waals surface area contributed by atoms with Gasteiger partial charge in [-0.15, -0.1) is 0 Å². The van der Waals surface area contributed by atoms with Gasteiger partial charge in [0.05, 0.1) is 6.20 Å². The number of nitrogens with zero attached hydrogens (tertiary/aromatic N) is 2. The number of pyridine rings is 1. The monoisotopic (exact) mass is 257 g/mol. The summed E-state index contributed by atoms with van der Waals surface area (Å²) in [5, 5.41) is 0. The van der Waals surface area contributed by atoms with Crippen molar-refractivity contribution >= 4 is 17.6 Å². The zero-order valence-electron chi connectivity index (χ0n) is 10.6. The number of halogens is 1. The Kier molecular flexibility index (Phi) is 5.71. The highest BCUT2D eigenvalue weighted by molar-refractivity contribution is 7.98. The molecule has 0 aliphatic rings. The maximum atomic E-state index is 13.1. The van der Waals surface area contributed by atoms with Crippen LogP contribution in [-0.2, 0) is 6.54 Å². The van der Waals surface area contributed by atoms with Crippen LogP contribution in [0.2, 0.25) is 0 Å². The molecule has 0 bridgehead atoms. The molecule has 5 heteroatoms. The quantitative estimate of drug-likeness (QED) is 0.849. The minimum Gasteiger partial charge on any atom is -0.356 e. The molecule has 0 aromatic carbocycles. The molecule has 1 heterocycles. The third-order valence-electron chi connectivity index (χ3n) is 2.84. The number of anilines is 1. The van der Waals surface area contributed by atoms with E-state index < -0.39 is 0 Å². The molecule has 2 N–H and O–H groups in total. The SMILES string of the molecule is CCC(CSC)N(C)c1ncc(F)cc1CN. The Bertz CT molecular complexity index is 360. The largest absolute Gasteiger partial charge is 0.356 e. The first kappa shape index (κ1) is 14.3. The van der Waals surface area contributed by atoms with Crippen molar-refractivity contribution in [3.05, 3.63) is 23.6 Å². The van der Waals surface area contributed by atoms with Gasteiger partial charge < -0.3 is 10.6 Å². The van der Waals surface area contributed by atoms with Crippen LogP contribution in [0.5, 0.6) is 0 Å². The Balaban J connectivity index is 2.97. The molecular formula is C12H20FN3S. The molecule has 3 nitrogen and oxygen atoms in total. The van der Waals surface area contributed by atoms with E-state index >= 15 is 0 Å². The molecule has 0 radical (unpaired) electrons. The number of hydrogen-bond acceptors (Lipinski definition) is 4. The lowest BCUT2D eigenvalue weighted by Crippen LogP contribution is -2.34. The number of thioether (sulfide) groups is 1. The van der Waals surface area contributed by atoms with Crippen molar-refractivity contribution in [1.29, 1.82) is 0 Å². The summed E-state index contributed by atoms with van der Waals surface area (Å²) >= 11 is 1.80. The molecule has 1 unspecified atom stereocenters. The predicted molar refractivity (Wildman–Crippen MR) is 73.0 cm³/mol. The number of aromatic nitrogens is 1. The summed E-state index contributed by atoms with van der Waals surface area (Å²) in [7, 11) is 1.99. The summed E-state index contributed by atoms with van der Waals surface area (Å²) in [4.78, 5) is 6.26. The maximum Gasteiger partial charge on any atom is 0.141 e. The van der Waals surface area contributed by atoms with E-state index in [1.54, 1.807) is 11.8 Å². The van der Waals surface area contributed by atoms with Gasteiger partial charge in [0.1, 0.15) is 11.6 Å². The van der Waals surface area contributed by atoms with E-state index in [2.05, 4.69) is 23.1 Å². The van der Waals surface area contributed by atoms with E-state index in [9.17, 15) is 4.39 Å². The van der Waals surface area contributed by atoms with Crippen LogP contribution in [0.4, 0.5) is 10.2 Å². The van der Waals surface area contributed by atoms with E-state index in [0.29, 0.717) is 12.6 Å². The summed E-state index contributed by atoms with van der Waals surface area (Å²) in [6.45, 7) is 2.45. The van der Waals surface area contributed by atoms with Crippen molar-refractivity contribution in [3.63, 3.8) is 0 Å². The zero-order valence-corrected chi connectivity index (χ0v) is 11.4. The summed E-state index contributed by atoms with van der Waals surface area (Å²) in [6, 6.07) is 1.86. The molecule has 17 heavy (non-hydrogen) atoms. The Morgan fingerprint density at radius 3 is 2.82 bits per heavy atom. The summed E-state index contributed by atoms with van der Waals surface area (Å²) in [5.41, 5.74) is 6.39. The van der Waals surface area contributed by atoms with Gasteiger partial charge in [-0.2, -0.15) is 11.8 Å². The van der Waals surface area contributed by atoms with E-state index in [0.717, 1.165) is 23.6 Å². The van der Waals surface area contributed by atoms with Crippen molar-refractivity contribution in [3.8, 4) is 0 Å². The molecule has 1 aromatic heterocycles. The summed E-state index contributed by atoms with van der Waals surface area (Å²) in [5.74, 6) is 1.48. The highest BCUT2D eigenvalue weighted by Crippen LogP contribution is 2.21. The Hall–Kier alpha value is -0.810. The van der Waals surface area contributed by atoms with E-state index in [1.165, 1.54) is 12.3 Å². The molecule has 0 aliphatic carbocycles. The molecule has 1 atom stereocenters. The van der Waals surface area contributed by atoms with Crippen LogP contribution in [0.25, 0.3) is 0 Å². The number of rotatable bonds is 6. The van der Waals surface area contributed by atoms with Crippen molar-refractivity contribution in [2.24, 2.45) is 5.73 Å². The van der Waals surface area contributed by atoms with Gasteiger partial charge in [-0.05, 0) is 18.7 Å². The lowest BCUT2D eigenvalue weighted by atomic mass is 10.2. The Morgan fingerprint density at radius 1 is 1.59 bits per heavy atom. The smallest absolute Gasteiger partial charge is 0.141 e. The molecular weight excluding hydrogens is 237 g/mol. The number of hydrogen-bond donors (Lipinski definition) is 1. The van der Waals surface area contributed by atoms with Gasteiger partial charge in [-0.25, -0.2) is 9.37 Å². The normalized spacial score (nSPS) is 12.5. The van der Waals surface area contributed by atoms with Gasteiger partial charge in [0.2, 0.25) is 0 Å².